The standard InChI is InChI=1S/C18H17Cl2N3O2S/c1-2-12-9-13-17(26-12)22-16(23(18(13)25)6-5-15(21)24)7-10-3-4-11(19)8-14(10)20/h3-4,8-9H,2,5-7H2,1H3,(H2,21,24). The fraction of sp³-hybridized carbons (Fsp3) is 0.278. The molecule has 2 aromatic heterocycles. The van der Waals surface area contributed by atoms with Crippen molar-refractivity contribution in [3.8, 4) is 0 Å². The van der Waals surface area contributed by atoms with Crippen molar-refractivity contribution in [3.05, 3.63) is 60.9 Å². The van der Waals surface area contributed by atoms with Crippen LogP contribution in [0.1, 0.15) is 29.6 Å². The molecule has 0 atom stereocenters. The molecule has 2 N–H and O–H groups in total. The normalized spacial score (nSPS) is 11.2. The highest BCUT2D eigenvalue weighted by Gasteiger charge is 2.16. The van der Waals surface area contributed by atoms with Gasteiger partial charge in [-0.25, -0.2) is 4.98 Å². The van der Waals surface area contributed by atoms with E-state index in [-0.39, 0.29) is 18.5 Å². The number of rotatable bonds is 6. The van der Waals surface area contributed by atoms with Gasteiger partial charge >= 0.3 is 0 Å². The molecular weight excluding hydrogens is 393 g/mol. The van der Waals surface area contributed by atoms with Crippen LogP contribution in [0.25, 0.3) is 10.2 Å². The largest absolute Gasteiger partial charge is 0.370 e. The SMILES string of the molecule is CCc1cc2c(=O)n(CCC(N)=O)c(Cc3ccc(Cl)cc3Cl)nc2s1. The van der Waals surface area contributed by atoms with Gasteiger partial charge in [0.15, 0.2) is 0 Å². The molecule has 26 heavy (non-hydrogen) atoms. The minimum Gasteiger partial charge on any atom is -0.370 e. The lowest BCUT2D eigenvalue weighted by atomic mass is 10.1. The van der Waals surface area contributed by atoms with Gasteiger partial charge in [-0.1, -0.05) is 36.2 Å². The van der Waals surface area contributed by atoms with Crippen LogP contribution in [-0.4, -0.2) is 15.5 Å². The molecule has 1 aromatic carbocycles. The Morgan fingerprint density at radius 2 is 2.08 bits per heavy atom. The number of nitrogens with zero attached hydrogens (tertiary/aromatic N) is 2. The molecule has 0 unspecified atom stereocenters. The van der Waals surface area contributed by atoms with Gasteiger partial charge in [-0.05, 0) is 30.2 Å². The molecule has 0 spiro atoms. The fourth-order valence-corrected chi connectivity index (χ4v) is 4.16. The second kappa shape index (κ2) is 7.78. The van der Waals surface area contributed by atoms with Gasteiger partial charge in [0.2, 0.25) is 5.91 Å². The fourth-order valence-electron chi connectivity index (χ4n) is 2.70. The molecule has 0 aliphatic heterocycles. The van der Waals surface area contributed by atoms with Crippen LogP contribution in [-0.2, 0) is 24.2 Å². The van der Waals surface area contributed by atoms with E-state index in [0.29, 0.717) is 32.5 Å². The number of carbonyl (C=O) groups excluding carboxylic acids is 1. The topological polar surface area (TPSA) is 78.0 Å². The summed E-state index contributed by atoms with van der Waals surface area (Å²) < 4.78 is 1.52. The Hall–Kier alpha value is -1.89. The highest BCUT2D eigenvalue weighted by molar-refractivity contribution is 7.18. The zero-order valence-electron chi connectivity index (χ0n) is 14.1. The van der Waals surface area contributed by atoms with E-state index in [1.54, 1.807) is 12.1 Å². The Balaban J connectivity index is 2.12. The average Bonchev–Trinajstić information content (AvgIpc) is 3.00. The van der Waals surface area contributed by atoms with Gasteiger partial charge in [0, 0.05) is 34.3 Å². The van der Waals surface area contributed by atoms with E-state index in [0.717, 1.165) is 16.9 Å². The number of halogens is 2. The number of hydrogen-bond donors (Lipinski definition) is 1. The van der Waals surface area contributed by atoms with Crippen LogP contribution in [0.2, 0.25) is 10.0 Å². The average molecular weight is 410 g/mol. The lowest BCUT2D eigenvalue weighted by Crippen LogP contribution is -2.27. The van der Waals surface area contributed by atoms with Crippen molar-refractivity contribution in [3.63, 3.8) is 0 Å². The number of fused-ring (bicyclic) bond motifs is 1. The molecule has 8 heteroatoms. The summed E-state index contributed by atoms with van der Waals surface area (Å²) >= 11 is 13.7. The quantitative estimate of drug-likeness (QED) is 0.672. The van der Waals surface area contributed by atoms with Gasteiger partial charge in [0.1, 0.15) is 10.7 Å². The van der Waals surface area contributed by atoms with Gasteiger partial charge < -0.3 is 5.73 Å². The van der Waals surface area contributed by atoms with Crippen molar-refractivity contribution >= 4 is 50.7 Å². The Morgan fingerprint density at radius 1 is 1.31 bits per heavy atom. The monoisotopic (exact) mass is 409 g/mol. The molecule has 1 amide bonds. The Kier molecular flexibility index (Phi) is 5.65. The Labute approximate surface area is 164 Å². The highest BCUT2D eigenvalue weighted by Crippen LogP contribution is 2.25. The zero-order valence-corrected chi connectivity index (χ0v) is 16.4. The number of carbonyl (C=O) groups is 1. The van der Waals surface area contributed by atoms with E-state index >= 15 is 0 Å². The predicted octanol–water partition coefficient (Wildman–Crippen LogP) is 3.79. The summed E-state index contributed by atoms with van der Waals surface area (Å²) in [7, 11) is 0. The molecule has 3 rings (SSSR count). The van der Waals surface area contributed by atoms with Crippen LogP contribution >= 0.6 is 34.5 Å². The van der Waals surface area contributed by atoms with Crippen LogP contribution in [0, 0.1) is 0 Å². The maximum Gasteiger partial charge on any atom is 0.262 e. The molecule has 0 saturated heterocycles. The first-order valence-corrected chi connectivity index (χ1v) is 9.70. The summed E-state index contributed by atoms with van der Waals surface area (Å²) in [4.78, 5) is 30.6. The maximum absolute atomic E-state index is 12.9. The number of hydrogen-bond acceptors (Lipinski definition) is 4. The number of amides is 1. The van der Waals surface area contributed by atoms with Gasteiger partial charge in [-0.15, -0.1) is 11.3 Å². The summed E-state index contributed by atoms with van der Waals surface area (Å²) in [5.41, 5.74) is 5.91. The van der Waals surface area contributed by atoms with Crippen molar-refractivity contribution in [2.24, 2.45) is 5.73 Å². The maximum atomic E-state index is 12.9. The smallest absolute Gasteiger partial charge is 0.262 e. The van der Waals surface area contributed by atoms with Crippen LogP contribution in [0.15, 0.2) is 29.1 Å². The Morgan fingerprint density at radius 3 is 2.73 bits per heavy atom. The van der Waals surface area contributed by atoms with Crippen molar-refractivity contribution in [1.82, 2.24) is 9.55 Å². The lowest BCUT2D eigenvalue weighted by molar-refractivity contribution is -0.118. The second-order valence-electron chi connectivity index (χ2n) is 5.90. The molecule has 0 saturated carbocycles. The molecule has 0 fully saturated rings. The number of benzene rings is 1. The van der Waals surface area contributed by atoms with E-state index < -0.39 is 5.91 Å². The minimum absolute atomic E-state index is 0.0687. The van der Waals surface area contributed by atoms with Crippen LogP contribution in [0.4, 0.5) is 0 Å². The molecular formula is C18H17Cl2N3O2S. The van der Waals surface area contributed by atoms with Crippen molar-refractivity contribution < 1.29 is 4.79 Å². The third-order valence-corrected chi connectivity index (χ3v) is 5.84. The summed E-state index contributed by atoms with van der Waals surface area (Å²) in [6.07, 6.45) is 1.26. The Bertz CT molecular complexity index is 1040. The first-order chi connectivity index (χ1) is 12.4. The number of nitrogens with two attached hydrogens (primary N) is 1. The number of primary amides is 1. The molecule has 2 heterocycles. The van der Waals surface area contributed by atoms with E-state index in [1.165, 1.54) is 15.9 Å². The molecule has 3 aromatic rings. The summed E-state index contributed by atoms with van der Waals surface area (Å²) in [5, 5.41) is 1.62. The molecule has 0 radical (unpaired) electrons. The first kappa shape index (κ1) is 18.9. The van der Waals surface area contributed by atoms with Gasteiger partial charge in [0.05, 0.1) is 5.39 Å². The first-order valence-electron chi connectivity index (χ1n) is 8.13. The molecule has 0 aliphatic carbocycles. The van der Waals surface area contributed by atoms with E-state index in [2.05, 4.69) is 4.98 Å². The van der Waals surface area contributed by atoms with Crippen LogP contribution in [0.5, 0.6) is 0 Å². The molecule has 5 nitrogen and oxygen atoms in total. The van der Waals surface area contributed by atoms with Gasteiger partial charge in [0.25, 0.3) is 5.56 Å². The van der Waals surface area contributed by atoms with E-state index in [4.69, 9.17) is 28.9 Å². The van der Waals surface area contributed by atoms with Crippen molar-refractivity contribution in [2.75, 3.05) is 0 Å². The zero-order chi connectivity index (χ0) is 18.8. The number of aryl methyl sites for hydroxylation is 1. The molecule has 136 valence electrons. The van der Waals surface area contributed by atoms with Crippen LogP contribution < -0.4 is 11.3 Å². The number of thiophene rings is 1. The summed E-state index contributed by atoms with van der Waals surface area (Å²) in [5.74, 6) is 0.0875. The minimum atomic E-state index is -0.466. The molecule has 0 aliphatic rings. The van der Waals surface area contributed by atoms with E-state index in [9.17, 15) is 9.59 Å². The third kappa shape index (κ3) is 3.92. The lowest BCUT2D eigenvalue weighted by Gasteiger charge is -2.12. The van der Waals surface area contributed by atoms with Crippen molar-refractivity contribution in [2.45, 2.75) is 32.7 Å². The summed E-state index contributed by atoms with van der Waals surface area (Å²) in [6, 6.07) is 7.08. The molecule has 0 bridgehead atoms. The van der Waals surface area contributed by atoms with Gasteiger partial charge in [-0.2, -0.15) is 0 Å². The second-order valence-corrected chi connectivity index (χ2v) is 7.86. The van der Waals surface area contributed by atoms with Gasteiger partial charge in [-0.3, -0.25) is 14.2 Å². The number of aromatic nitrogens is 2. The van der Waals surface area contributed by atoms with Crippen molar-refractivity contribution in [1.29, 1.82) is 0 Å². The van der Waals surface area contributed by atoms with Crippen LogP contribution in [0.3, 0.4) is 0 Å². The van der Waals surface area contributed by atoms with E-state index in [1.807, 2.05) is 19.1 Å². The predicted molar refractivity (Wildman–Crippen MR) is 106 cm³/mol. The highest BCUT2D eigenvalue weighted by atomic mass is 35.5. The summed E-state index contributed by atoms with van der Waals surface area (Å²) in [6.45, 7) is 2.22. The third-order valence-electron chi connectivity index (χ3n) is 4.08.